The molecule has 0 aromatic heterocycles. The molecule has 0 bridgehead atoms. The van der Waals surface area contributed by atoms with Crippen molar-refractivity contribution in [3.05, 3.63) is 11.6 Å². The van der Waals surface area contributed by atoms with Crippen LogP contribution in [-0.4, -0.2) is 16.5 Å². The third kappa shape index (κ3) is 2.21. The molecule has 0 aromatic rings. The van der Waals surface area contributed by atoms with E-state index in [4.69, 9.17) is 0 Å². The van der Waals surface area contributed by atoms with Gasteiger partial charge in [-0.05, 0) is 79.8 Å². The van der Waals surface area contributed by atoms with E-state index in [-0.39, 0.29) is 23.0 Å². The minimum absolute atomic E-state index is 0.160. The summed E-state index contributed by atoms with van der Waals surface area (Å²) in [4.78, 5) is 12.4. The molecule has 0 aliphatic heterocycles. The number of carbonyl (C=O) groups excluding carboxylic acids is 1. The number of hydrogen-bond donors (Lipinski definition) is 1. The zero-order valence-corrected chi connectivity index (χ0v) is 14.9. The van der Waals surface area contributed by atoms with Crippen molar-refractivity contribution in [2.45, 2.75) is 72.3 Å². The highest BCUT2D eigenvalue weighted by Crippen LogP contribution is 2.60. The molecule has 0 amide bonds. The van der Waals surface area contributed by atoms with Gasteiger partial charge in [-0.15, -0.1) is 0 Å². The lowest BCUT2D eigenvalue weighted by Gasteiger charge is -2.47. The van der Waals surface area contributed by atoms with Gasteiger partial charge in [0.2, 0.25) is 0 Å². The molecule has 0 unspecified atom stereocenters. The number of rotatable bonds is 1. The lowest BCUT2D eigenvalue weighted by atomic mass is 9.60. The molecule has 22 heavy (non-hydrogen) atoms. The van der Waals surface area contributed by atoms with Crippen molar-refractivity contribution >= 4 is 5.78 Å². The van der Waals surface area contributed by atoms with E-state index < -0.39 is 5.60 Å². The topological polar surface area (TPSA) is 37.3 Å². The highest BCUT2D eigenvalue weighted by atomic mass is 16.3. The fraction of sp³-hybridized carbons (Fsp3) is 0.850. The second-order valence-corrected chi connectivity index (χ2v) is 9.07. The quantitative estimate of drug-likeness (QED) is 0.781. The lowest BCUT2D eigenvalue weighted by Crippen LogP contribution is -2.48. The molecule has 0 heterocycles. The Morgan fingerprint density at radius 1 is 1.27 bits per heavy atom. The zero-order chi connectivity index (χ0) is 16.3. The van der Waals surface area contributed by atoms with E-state index in [1.807, 2.05) is 6.92 Å². The summed E-state index contributed by atoms with van der Waals surface area (Å²) < 4.78 is 0. The van der Waals surface area contributed by atoms with Crippen LogP contribution in [0.2, 0.25) is 0 Å². The molecule has 124 valence electrons. The average Bonchev–Trinajstić information content (AvgIpc) is 2.81. The van der Waals surface area contributed by atoms with Gasteiger partial charge in [-0.3, -0.25) is 4.79 Å². The molecule has 3 aliphatic carbocycles. The third-order valence-electron chi connectivity index (χ3n) is 7.36. The molecule has 0 spiro atoms. The van der Waals surface area contributed by atoms with Crippen LogP contribution < -0.4 is 0 Å². The van der Waals surface area contributed by atoms with Gasteiger partial charge < -0.3 is 5.11 Å². The summed E-state index contributed by atoms with van der Waals surface area (Å²) in [6.45, 7) is 11.2. The summed E-state index contributed by atoms with van der Waals surface area (Å²) >= 11 is 0. The Morgan fingerprint density at radius 3 is 2.59 bits per heavy atom. The molecule has 0 aromatic carbocycles. The number of fused-ring (bicyclic) bond motifs is 2. The Bertz CT molecular complexity index is 506. The van der Waals surface area contributed by atoms with Crippen LogP contribution in [0.5, 0.6) is 0 Å². The molecule has 0 saturated heterocycles. The van der Waals surface area contributed by atoms with Gasteiger partial charge >= 0.3 is 0 Å². The van der Waals surface area contributed by atoms with Gasteiger partial charge in [-0.25, -0.2) is 0 Å². The fourth-order valence-corrected chi connectivity index (χ4v) is 6.11. The fourth-order valence-electron chi connectivity index (χ4n) is 6.11. The third-order valence-corrected chi connectivity index (χ3v) is 7.36. The summed E-state index contributed by atoms with van der Waals surface area (Å²) in [5, 5.41) is 11.5. The Kier molecular flexibility index (Phi) is 3.83. The molecular formula is C20H32O2. The minimum atomic E-state index is -0.893. The maximum absolute atomic E-state index is 12.4. The van der Waals surface area contributed by atoms with E-state index in [1.54, 1.807) is 6.08 Å². The average molecular weight is 304 g/mol. The van der Waals surface area contributed by atoms with Crippen molar-refractivity contribution in [1.29, 1.82) is 0 Å². The second kappa shape index (κ2) is 5.19. The summed E-state index contributed by atoms with van der Waals surface area (Å²) in [5.41, 5.74) is 0.196. The zero-order valence-electron chi connectivity index (χ0n) is 14.9. The molecule has 2 nitrogen and oxygen atoms in total. The molecule has 3 rings (SSSR count). The molecule has 2 heteroatoms. The first-order valence-corrected chi connectivity index (χ1v) is 9.14. The van der Waals surface area contributed by atoms with E-state index in [1.165, 1.54) is 19.3 Å². The molecule has 6 atom stereocenters. The first-order chi connectivity index (χ1) is 10.2. The van der Waals surface area contributed by atoms with Gasteiger partial charge in [0.25, 0.3) is 0 Å². The van der Waals surface area contributed by atoms with Crippen LogP contribution in [0.15, 0.2) is 11.6 Å². The molecule has 1 N–H and O–H groups in total. The highest BCUT2D eigenvalue weighted by molar-refractivity contribution is 5.97. The Hall–Kier alpha value is -0.630. The number of hydrogen-bond acceptors (Lipinski definition) is 2. The predicted octanol–water partition coefficient (Wildman–Crippen LogP) is 4.37. The van der Waals surface area contributed by atoms with Gasteiger partial charge in [-0.2, -0.15) is 0 Å². The van der Waals surface area contributed by atoms with Crippen molar-refractivity contribution in [1.82, 2.24) is 0 Å². The van der Waals surface area contributed by atoms with Crippen LogP contribution >= 0.6 is 0 Å². The van der Waals surface area contributed by atoms with Crippen LogP contribution in [0.4, 0.5) is 0 Å². The predicted molar refractivity (Wildman–Crippen MR) is 89.4 cm³/mol. The first kappa shape index (κ1) is 16.2. The van der Waals surface area contributed by atoms with Crippen LogP contribution in [0.25, 0.3) is 0 Å². The van der Waals surface area contributed by atoms with Gasteiger partial charge in [-0.1, -0.05) is 27.7 Å². The Balaban J connectivity index is 1.98. The number of aliphatic hydroxyl groups is 1. The van der Waals surface area contributed by atoms with Crippen LogP contribution in [0.1, 0.15) is 66.7 Å². The Morgan fingerprint density at radius 2 is 1.95 bits per heavy atom. The van der Waals surface area contributed by atoms with Crippen molar-refractivity contribution in [2.24, 2.45) is 35.0 Å². The van der Waals surface area contributed by atoms with Gasteiger partial charge in [0.15, 0.2) is 5.78 Å². The number of allylic oxidation sites excluding steroid dienone is 1. The summed E-state index contributed by atoms with van der Waals surface area (Å²) in [6, 6.07) is 0. The van der Waals surface area contributed by atoms with E-state index in [0.29, 0.717) is 11.8 Å². The molecule has 0 radical (unpaired) electrons. The maximum Gasteiger partial charge on any atom is 0.162 e. The van der Waals surface area contributed by atoms with Gasteiger partial charge in [0, 0.05) is 0 Å². The van der Waals surface area contributed by atoms with Crippen molar-refractivity contribution < 1.29 is 9.90 Å². The SMILES string of the molecule is CC1=CC(=O)[C@@H]2[C@@H](C)CC[C@H]3[C@@H](C(C)C)CC[C@]3(C)C[C@@]12O. The van der Waals surface area contributed by atoms with Crippen LogP contribution in [0.3, 0.4) is 0 Å². The van der Waals surface area contributed by atoms with Gasteiger partial charge in [0.1, 0.15) is 0 Å². The maximum atomic E-state index is 12.4. The Labute approximate surface area is 135 Å². The molecule has 2 fully saturated rings. The molecular weight excluding hydrogens is 272 g/mol. The summed E-state index contributed by atoms with van der Waals surface area (Å²) in [6.07, 6.45) is 7.27. The molecule has 3 aliphatic rings. The van der Waals surface area contributed by atoms with E-state index >= 15 is 0 Å². The van der Waals surface area contributed by atoms with Gasteiger partial charge in [0.05, 0.1) is 11.5 Å². The summed E-state index contributed by atoms with van der Waals surface area (Å²) in [5.74, 6) is 2.43. The van der Waals surface area contributed by atoms with Crippen molar-refractivity contribution in [2.75, 3.05) is 0 Å². The second-order valence-electron chi connectivity index (χ2n) is 9.07. The number of ketones is 1. The van der Waals surface area contributed by atoms with Crippen LogP contribution in [0, 0.1) is 35.0 Å². The molecule has 2 saturated carbocycles. The first-order valence-electron chi connectivity index (χ1n) is 9.14. The van der Waals surface area contributed by atoms with Crippen molar-refractivity contribution in [3.63, 3.8) is 0 Å². The highest BCUT2D eigenvalue weighted by Gasteiger charge is 2.57. The van der Waals surface area contributed by atoms with E-state index in [0.717, 1.165) is 24.3 Å². The van der Waals surface area contributed by atoms with Crippen molar-refractivity contribution in [3.8, 4) is 0 Å². The summed E-state index contributed by atoms with van der Waals surface area (Å²) in [7, 11) is 0. The minimum Gasteiger partial charge on any atom is -0.385 e. The van der Waals surface area contributed by atoms with E-state index in [2.05, 4.69) is 27.7 Å². The smallest absolute Gasteiger partial charge is 0.162 e. The van der Waals surface area contributed by atoms with Crippen LogP contribution in [-0.2, 0) is 4.79 Å². The number of carbonyl (C=O) groups is 1. The normalized spacial score (nSPS) is 48.7. The largest absolute Gasteiger partial charge is 0.385 e. The standard InChI is InChI=1S/C20H32O2/c1-12(2)15-8-9-19(5)11-20(22)14(4)10-17(21)18(20)13(3)6-7-16(15)19/h10,12-13,15-16,18,22H,6-9,11H2,1-5H3/t13-,15+,16-,18-,19+,20+/m0/s1. The lowest BCUT2D eigenvalue weighted by molar-refractivity contribution is -0.130. The monoisotopic (exact) mass is 304 g/mol. The van der Waals surface area contributed by atoms with E-state index in [9.17, 15) is 9.90 Å².